The summed E-state index contributed by atoms with van der Waals surface area (Å²) in [6, 6.07) is 7.20. The van der Waals surface area contributed by atoms with Crippen LogP contribution in [0, 0.1) is 23.6 Å². The summed E-state index contributed by atoms with van der Waals surface area (Å²) >= 11 is 0. The summed E-state index contributed by atoms with van der Waals surface area (Å²) in [6.07, 6.45) is 13.4. The summed E-state index contributed by atoms with van der Waals surface area (Å²) in [4.78, 5) is 60.7. The Hall–Kier alpha value is -5.93. The fraction of sp³-hybridized carbons (Fsp3) is 0.547. The van der Waals surface area contributed by atoms with Crippen molar-refractivity contribution in [1.29, 1.82) is 0 Å². The van der Waals surface area contributed by atoms with Gasteiger partial charge in [0.05, 0.1) is 18.1 Å². The van der Waals surface area contributed by atoms with Gasteiger partial charge in [-0.05, 0) is 88.4 Å². The van der Waals surface area contributed by atoms with E-state index in [1.807, 2.05) is 53.7 Å². The van der Waals surface area contributed by atoms with Crippen molar-refractivity contribution in [3.8, 4) is 35.4 Å². The molecule has 3 amide bonds. The maximum Gasteiger partial charge on any atom is 0.319 e. The molecule has 4 fully saturated rings. The molecule has 2 unspecified atom stereocenters. The minimum absolute atomic E-state index is 0.00748. The highest BCUT2D eigenvalue weighted by Gasteiger charge is 2.45. The van der Waals surface area contributed by atoms with Crippen molar-refractivity contribution in [3.05, 3.63) is 59.6 Å². The minimum Gasteiger partial charge on any atom is -0.508 e. The Bertz CT molecular complexity index is 2660. The average molecular weight is 962 g/mol. The van der Waals surface area contributed by atoms with Gasteiger partial charge in [0.25, 0.3) is 0 Å². The Kier molecular flexibility index (Phi) is 15.6. The zero-order chi connectivity index (χ0) is 49.9. The molecule has 8 rings (SSSR count). The van der Waals surface area contributed by atoms with Gasteiger partial charge in [-0.1, -0.05) is 50.5 Å². The van der Waals surface area contributed by atoms with Gasteiger partial charge < -0.3 is 45.4 Å². The molecule has 7 atom stereocenters. The number of terminal acetylenes is 1. The molecular formula is C53H68FN9O7. The number of carbonyl (C=O) groups is 3. The number of β-amino-alcohol motifs (C(OH)–C–C–N with tert-alkyl or cyclic N) is 1. The number of likely N-dealkylation sites (tertiary alicyclic amines) is 2. The molecular weight excluding hydrogens is 894 g/mol. The standard InChI is InChI=1S/C53H68FN9O7/c1-8-31(3)32(4)56-50(67)42-25-39(65)29-63(42)51(68)48(53(5,6)7)58-43(66)18-22-69-21-12-20-61-19-11-15-37(61)30-70-52-59-47-41(49(60-52)62-27-35-16-17-36(28-62)57-35)26-55-46(45(47)54)40-24-38(64)23-34-14-10-13-33(9-2)44(34)40/h2,8,10,13-14,23-24,26,32,35-37,39,42,48,57,64-65H,11-12,15-22,25,27-30H2,1,3-7H3,(H,56,67)(H,58,66)/b31-8+/t32-,35?,36?,37-,39+,42-,48+/m0/s1. The summed E-state index contributed by atoms with van der Waals surface area (Å²) in [7, 11) is 0. The van der Waals surface area contributed by atoms with Gasteiger partial charge in [0.2, 0.25) is 17.7 Å². The SMILES string of the molecule is C#Cc1cccc2cc(O)cc(-c3ncc4c(N5CC6CCC(C5)N6)nc(OC[C@@H]5CCCN5CCCOCCC(=O)N[C@H](C(=O)N5C[C@H](O)C[C@H]5C(=O)N[C@@H](C)/C(C)=C/C)C(C)(C)C)nc4c3F)c12. The molecule has 0 spiro atoms. The van der Waals surface area contributed by atoms with E-state index in [1.54, 1.807) is 24.4 Å². The molecule has 0 radical (unpaired) electrons. The second-order valence-corrected chi connectivity index (χ2v) is 20.5. The smallest absolute Gasteiger partial charge is 0.319 e. The Balaban J connectivity index is 0.878. The number of carbonyl (C=O) groups excluding carboxylic acids is 3. The highest BCUT2D eigenvalue weighted by Crippen LogP contribution is 2.39. The van der Waals surface area contributed by atoms with Gasteiger partial charge in [-0.15, -0.1) is 6.42 Å². The number of benzene rings is 2. The van der Waals surface area contributed by atoms with E-state index < -0.39 is 35.3 Å². The van der Waals surface area contributed by atoms with Crippen LogP contribution in [0.5, 0.6) is 11.8 Å². The van der Waals surface area contributed by atoms with Crippen molar-refractivity contribution in [2.45, 2.75) is 129 Å². The van der Waals surface area contributed by atoms with E-state index in [-0.39, 0.29) is 72.9 Å². The number of hydrogen-bond acceptors (Lipinski definition) is 13. The molecule has 0 aliphatic carbocycles. The van der Waals surface area contributed by atoms with Crippen LogP contribution < -0.4 is 25.6 Å². The monoisotopic (exact) mass is 962 g/mol. The molecule has 2 aromatic heterocycles. The van der Waals surface area contributed by atoms with Crippen LogP contribution in [0.1, 0.15) is 92.1 Å². The predicted octanol–water partition coefficient (Wildman–Crippen LogP) is 5.22. The second kappa shape index (κ2) is 21.6. The molecule has 374 valence electrons. The first-order chi connectivity index (χ1) is 33.5. The van der Waals surface area contributed by atoms with E-state index >= 15 is 4.39 Å². The average Bonchev–Trinajstić information content (AvgIpc) is 4.06. The molecule has 4 aromatic rings. The number of pyridine rings is 1. The summed E-state index contributed by atoms with van der Waals surface area (Å²) in [5.41, 5.74) is 1.31. The van der Waals surface area contributed by atoms with Gasteiger partial charge in [0.1, 0.15) is 41.5 Å². The third kappa shape index (κ3) is 11.2. The molecule has 70 heavy (non-hydrogen) atoms. The van der Waals surface area contributed by atoms with Crippen LogP contribution >= 0.6 is 0 Å². The number of aromatic nitrogens is 3. The van der Waals surface area contributed by atoms with Gasteiger partial charge in [-0.25, -0.2) is 4.39 Å². The number of piperazine rings is 1. The number of amides is 3. The van der Waals surface area contributed by atoms with Crippen molar-refractivity contribution in [1.82, 2.24) is 40.7 Å². The zero-order valence-corrected chi connectivity index (χ0v) is 41.3. The quantitative estimate of drug-likeness (QED) is 0.0527. The third-order valence-corrected chi connectivity index (χ3v) is 14.4. The molecule has 16 nitrogen and oxygen atoms in total. The zero-order valence-electron chi connectivity index (χ0n) is 41.3. The van der Waals surface area contributed by atoms with E-state index in [4.69, 9.17) is 20.9 Å². The molecule has 0 saturated carbocycles. The molecule has 17 heteroatoms. The number of phenols is 1. The van der Waals surface area contributed by atoms with E-state index in [0.717, 1.165) is 44.3 Å². The topological polar surface area (TPSA) is 195 Å². The van der Waals surface area contributed by atoms with Crippen molar-refractivity contribution in [2.24, 2.45) is 5.41 Å². The minimum atomic E-state index is -0.921. The number of aliphatic hydroxyl groups excluding tert-OH is 1. The Labute approximate surface area is 409 Å². The maximum atomic E-state index is 17.1. The lowest BCUT2D eigenvalue weighted by Crippen LogP contribution is -2.58. The molecule has 4 aliphatic heterocycles. The number of aromatic hydroxyl groups is 1. The van der Waals surface area contributed by atoms with Crippen molar-refractivity contribution in [2.75, 3.05) is 57.4 Å². The van der Waals surface area contributed by atoms with Crippen LogP contribution in [0.2, 0.25) is 0 Å². The number of allylic oxidation sites excluding steroid dienone is 1. The second-order valence-electron chi connectivity index (χ2n) is 20.5. The fourth-order valence-electron chi connectivity index (χ4n) is 10.4. The summed E-state index contributed by atoms with van der Waals surface area (Å²) < 4.78 is 29.4. The molecule has 5 N–H and O–H groups in total. The molecule has 2 aromatic carbocycles. The first-order valence-corrected chi connectivity index (χ1v) is 24.8. The molecule has 2 bridgehead atoms. The summed E-state index contributed by atoms with van der Waals surface area (Å²) in [5.74, 6) is 1.47. The van der Waals surface area contributed by atoms with Gasteiger partial charge in [0, 0.05) is 92.5 Å². The van der Waals surface area contributed by atoms with Gasteiger partial charge in [-0.2, -0.15) is 9.97 Å². The molecule has 6 heterocycles. The van der Waals surface area contributed by atoms with E-state index in [2.05, 4.69) is 41.6 Å². The summed E-state index contributed by atoms with van der Waals surface area (Å²) in [5, 5.41) is 32.5. The normalized spacial score (nSPS) is 22.6. The number of halogens is 1. The number of hydrogen-bond donors (Lipinski definition) is 5. The van der Waals surface area contributed by atoms with Crippen LogP contribution in [-0.4, -0.2) is 148 Å². The summed E-state index contributed by atoms with van der Waals surface area (Å²) in [6.45, 7) is 15.2. The first kappa shape index (κ1) is 50.5. The Morgan fingerprint density at radius 3 is 2.59 bits per heavy atom. The van der Waals surface area contributed by atoms with Crippen molar-refractivity contribution >= 4 is 45.2 Å². The van der Waals surface area contributed by atoms with Crippen LogP contribution in [0.25, 0.3) is 32.9 Å². The lowest BCUT2D eigenvalue weighted by Gasteiger charge is -2.35. The molecule has 4 saturated heterocycles. The van der Waals surface area contributed by atoms with E-state index in [0.29, 0.717) is 77.9 Å². The van der Waals surface area contributed by atoms with Crippen LogP contribution in [0.3, 0.4) is 0 Å². The number of ether oxygens (including phenoxy) is 2. The van der Waals surface area contributed by atoms with E-state index in [9.17, 15) is 24.6 Å². The van der Waals surface area contributed by atoms with Gasteiger partial charge in [0.15, 0.2) is 5.82 Å². The van der Waals surface area contributed by atoms with Crippen molar-refractivity contribution in [3.63, 3.8) is 0 Å². The molecule has 4 aliphatic rings. The van der Waals surface area contributed by atoms with Gasteiger partial charge >= 0.3 is 6.01 Å². The number of aliphatic hydroxyl groups is 1. The Morgan fingerprint density at radius 2 is 1.86 bits per heavy atom. The Morgan fingerprint density at radius 1 is 1.09 bits per heavy atom. The first-order valence-electron chi connectivity index (χ1n) is 24.8. The third-order valence-electron chi connectivity index (χ3n) is 14.4. The highest BCUT2D eigenvalue weighted by atomic mass is 19.1. The van der Waals surface area contributed by atoms with E-state index in [1.165, 1.54) is 11.0 Å². The number of nitrogens with zero attached hydrogens (tertiary/aromatic N) is 6. The van der Waals surface area contributed by atoms with Crippen LogP contribution in [-0.2, 0) is 19.1 Å². The number of fused-ring (bicyclic) bond motifs is 4. The number of rotatable bonds is 17. The lowest BCUT2D eigenvalue weighted by molar-refractivity contribution is -0.144. The van der Waals surface area contributed by atoms with Crippen LogP contribution in [0.15, 0.2) is 48.2 Å². The number of anilines is 1. The highest BCUT2D eigenvalue weighted by molar-refractivity contribution is 6.03. The van der Waals surface area contributed by atoms with Gasteiger partial charge in [-0.3, -0.25) is 24.3 Å². The largest absolute Gasteiger partial charge is 0.508 e. The van der Waals surface area contributed by atoms with Crippen LogP contribution in [0.4, 0.5) is 10.2 Å². The van der Waals surface area contributed by atoms with Crippen molar-refractivity contribution < 1.29 is 38.5 Å². The fourth-order valence-corrected chi connectivity index (χ4v) is 10.4. The number of phenolic OH excluding ortho intramolecular Hbond substituents is 1. The number of nitrogens with one attached hydrogen (secondary N) is 3. The lowest BCUT2D eigenvalue weighted by atomic mass is 9.85. The maximum absolute atomic E-state index is 17.1. The predicted molar refractivity (Wildman–Crippen MR) is 267 cm³/mol.